The minimum atomic E-state index is -4.87. The molecular weight excluding hydrogens is 299 g/mol. The van der Waals surface area contributed by atoms with Gasteiger partial charge in [-0.05, 0) is 26.7 Å². The zero-order valence-corrected chi connectivity index (χ0v) is 12.7. The molecule has 1 heterocycles. The van der Waals surface area contributed by atoms with E-state index in [0.717, 1.165) is 4.90 Å². The molecule has 2 atom stereocenters. The fraction of sp³-hybridized carbons (Fsp3) is 1.00. The molecule has 2 unspecified atom stereocenters. The molecule has 0 aromatic heterocycles. The van der Waals surface area contributed by atoms with Crippen molar-refractivity contribution in [2.24, 2.45) is 0 Å². The van der Waals surface area contributed by atoms with Gasteiger partial charge in [-0.3, -0.25) is 14.0 Å². The van der Waals surface area contributed by atoms with Crippen molar-refractivity contribution >= 4 is 15.2 Å². The summed E-state index contributed by atoms with van der Waals surface area (Å²) in [6.07, 6.45) is 0.102. The smallest absolute Gasteiger partial charge is 0.323 e. The summed E-state index contributed by atoms with van der Waals surface area (Å²) in [5.74, 6) is 0. The van der Waals surface area contributed by atoms with Crippen LogP contribution in [-0.4, -0.2) is 50.5 Å². The molecule has 7 nitrogen and oxygen atoms in total. The van der Waals surface area contributed by atoms with Crippen LogP contribution in [0.15, 0.2) is 0 Å². The van der Waals surface area contributed by atoms with Crippen LogP contribution in [0.1, 0.15) is 26.7 Å². The number of alkyl halides is 1. The first-order chi connectivity index (χ1) is 8.49. The molecular formula is C9H20FNO6P2. The first kappa shape index (κ1) is 17.2. The maximum atomic E-state index is 13.7. The van der Waals surface area contributed by atoms with Gasteiger partial charge in [-0.2, -0.15) is 0 Å². The van der Waals surface area contributed by atoms with Gasteiger partial charge in [0, 0.05) is 13.1 Å². The second-order valence-electron chi connectivity index (χ2n) is 4.87. The van der Waals surface area contributed by atoms with E-state index < -0.39 is 26.4 Å². The van der Waals surface area contributed by atoms with Gasteiger partial charge in [-0.1, -0.05) is 0 Å². The summed E-state index contributed by atoms with van der Waals surface area (Å²) in [5.41, 5.74) is -3.34. The Hall–Kier alpha value is 0.190. The summed E-state index contributed by atoms with van der Waals surface area (Å²) in [7, 11) is -9.37. The first-order valence-electron chi connectivity index (χ1n) is 5.95. The molecule has 19 heavy (non-hydrogen) atoms. The molecule has 10 heteroatoms. The highest BCUT2D eigenvalue weighted by Gasteiger charge is 2.50. The number of hydrogen-bond donors (Lipinski definition) is 3. The van der Waals surface area contributed by atoms with Crippen molar-refractivity contribution in [3.8, 4) is 0 Å². The molecule has 3 N–H and O–H groups in total. The van der Waals surface area contributed by atoms with Gasteiger partial charge >= 0.3 is 15.2 Å². The average Bonchev–Trinajstić information content (AvgIpc) is 2.18. The standard InChI is InChI=1S/C9H20FNO6P2/c1-3-17-19(15,16)8(18(12,13)14)11-6-4-9(2,10)5-7-11/h8H,3-7H2,1-2H3,(H,15,16)(H2,12,13,14). The zero-order valence-electron chi connectivity index (χ0n) is 10.9. The minimum absolute atomic E-state index is 0.000398. The summed E-state index contributed by atoms with van der Waals surface area (Å²) in [4.78, 5) is 29.4. The quantitative estimate of drug-likeness (QED) is 0.659. The molecule has 1 rings (SSSR count). The summed E-state index contributed by atoms with van der Waals surface area (Å²) < 4.78 is 41.7. The van der Waals surface area contributed by atoms with Gasteiger partial charge in [-0.15, -0.1) is 0 Å². The third-order valence-corrected chi connectivity index (χ3v) is 7.32. The largest absolute Gasteiger partial charge is 0.357 e. The van der Waals surface area contributed by atoms with Gasteiger partial charge in [-0.25, -0.2) is 4.39 Å². The zero-order chi connectivity index (χ0) is 14.9. The van der Waals surface area contributed by atoms with Gasteiger partial charge in [0.05, 0.1) is 6.61 Å². The Morgan fingerprint density at radius 1 is 1.32 bits per heavy atom. The molecule has 1 aliphatic rings. The van der Waals surface area contributed by atoms with Gasteiger partial charge in [0.15, 0.2) is 0 Å². The van der Waals surface area contributed by atoms with Crippen molar-refractivity contribution < 1.29 is 32.7 Å². The van der Waals surface area contributed by atoms with E-state index in [9.17, 15) is 28.2 Å². The van der Waals surface area contributed by atoms with Crippen molar-refractivity contribution in [2.45, 2.75) is 37.9 Å². The number of hydrogen-bond acceptors (Lipinski definition) is 4. The second kappa shape index (κ2) is 5.90. The Labute approximate surface area is 111 Å². The predicted octanol–water partition coefficient (Wildman–Crippen LogP) is 1.49. The highest BCUT2D eigenvalue weighted by atomic mass is 31.2. The van der Waals surface area contributed by atoms with Crippen LogP contribution in [0.25, 0.3) is 0 Å². The summed E-state index contributed by atoms with van der Waals surface area (Å²) in [6.45, 7) is 2.71. The molecule has 0 aromatic rings. The lowest BCUT2D eigenvalue weighted by Crippen LogP contribution is -2.45. The molecule has 0 radical (unpaired) electrons. The molecule has 0 amide bonds. The van der Waals surface area contributed by atoms with E-state index in [0.29, 0.717) is 0 Å². The normalized spacial score (nSPS) is 25.8. The summed E-state index contributed by atoms with van der Waals surface area (Å²) in [5, 5.41) is 0. The fourth-order valence-corrected chi connectivity index (χ4v) is 5.61. The number of halogens is 1. The van der Waals surface area contributed by atoms with E-state index in [-0.39, 0.29) is 32.5 Å². The number of rotatable bonds is 5. The van der Waals surface area contributed by atoms with E-state index in [1.54, 1.807) is 0 Å². The lowest BCUT2D eigenvalue weighted by atomic mass is 9.96. The fourth-order valence-electron chi connectivity index (χ4n) is 2.08. The van der Waals surface area contributed by atoms with Crippen molar-refractivity contribution in [1.82, 2.24) is 4.90 Å². The molecule has 0 spiro atoms. The first-order valence-corrected chi connectivity index (χ1v) is 9.27. The number of piperidine rings is 1. The van der Waals surface area contributed by atoms with Crippen molar-refractivity contribution in [1.29, 1.82) is 0 Å². The molecule has 0 saturated carbocycles. The highest BCUT2D eigenvalue weighted by molar-refractivity contribution is 7.71. The van der Waals surface area contributed by atoms with Crippen LogP contribution in [0.4, 0.5) is 4.39 Å². The topological polar surface area (TPSA) is 107 Å². The molecule has 0 aliphatic carbocycles. The van der Waals surface area contributed by atoms with Gasteiger partial charge in [0.2, 0.25) is 5.52 Å². The molecule has 114 valence electrons. The summed E-state index contributed by atoms with van der Waals surface area (Å²) >= 11 is 0. The average molecular weight is 319 g/mol. The minimum Gasteiger partial charge on any atom is -0.323 e. The molecule has 0 bridgehead atoms. The van der Waals surface area contributed by atoms with E-state index in [2.05, 4.69) is 4.52 Å². The predicted molar refractivity (Wildman–Crippen MR) is 67.6 cm³/mol. The van der Waals surface area contributed by atoms with Gasteiger partial charge in [0.1, 0.15) is 5.67 Å². The Morgan fingerprint density at radius 3 is 2.16 bits per heavy atom. The van der Waals surface area contributed by atoms with Crippen molar-refractivity contribution in [3.63, 3.8) is 0 Å². The van der Waals surface area contributed by atoms with Crippen LogP contribution in [0.5, 0.6) is 0 Å². The summed E-state index contributed by atoms with van der Waals surface area (Å²) in [6, 6.07) is 0. The number of nitrogens with zero attached hydrogens (tertiary/aromatic N) is 1. The van der Waals surface area contributed by atoms with Gasteiger partial charge in [0.25, 0.3) is 0 Å². The Morgan fingerprint density at radius 2 is 1.79 bits per heavy atom. The van der Waals surface area contributed by atoms with Crippen molar-refractivity contribution in [3.05, 3.63) is 0 Å². The SMILES string of the molecule is CCOP(=O)(O)C(N1CCC(C)(F)CC1)P(=O)(O)O. The molecule has 1 aliphatic heterocycles. The van der Waals surface area contributed by atoms with Crippen LogP contribution in [0.3, 0.4) is 0 Å². The van der Waals surface area contributed by atoms with Crippen LogP contribution >= 0.6 is 15.2 Å². The van der Waals surface area contributed by atoms with Gasteiger partial charge < -0.3 is 19.2 Å². The number of likely N-dealkylation sites (tertiary alicyclic amines) is 1. The van der Waals surface area contributed by atoms with Crippen LogP contribution in [0.2, 0.25) is 0 Å². The lowest BCUT2D eigenvalue weighted by molar-refractivity contribution is 0.0681. The lowest BCUT2D eigenvalue weighted by Gasteiger charge is -2.39. The molecule has 1 saturated heterocycles. The third-order valence-electron chi connectivity index (χ3n) is 3.07. The Bertz CT molecular complexity index is 402. The third kappa shape index (κ3) is 4.60. The maximum absolute atomic E-state index is 13.7. The van der Waals surface area contributed by atoms with Crippen LogP contribution < -0.4 is 0 Å². The van der Waals surface area contributed by atoms with E-state index in [1.165, 1.54) is 13.8 Å². The van der Waals surface area contributed by atoms with E-state index in [1.807, 2.05) is 0 Å². The molecule has 0 aromatic carbocycles. The second-order valence-corrected chi connectivity index (χ2v) is 8.82. The van der Waals surface area contributed by atoms with Crippen LogP contribution in [0, 0.1) is 0 Å². The van der Waals surface area contributed by atoms with Crippen LogP contribution in [-0.2, 0) is 13.7 Å². The Balaban J connectivity index is 2.95. The Kier molecular flexibility index (Phi) is 5.35. The van der Waals surface area contributed by atoms with E-state index >= 15 is 0 Å². The highest BCUT2D eigenvalue weighted by Crippen LogP contribution is 2.64. The monoisotopic (exact) mass is 319 g/mol. The van der Waals surface area contributed by atoms with Crippen molar-refractivity contribution in [2.75, 3.05) is 19.7 Å². The maximum Gasteiger partial charge on any atom is 0.357 e. The van der Waals surface area contributed by atoms with E-state index in [4.69, 9.17) is 0 Å². The molecule has 1 fully saturated rings.